The first-order valence-corrected chi connectivity index (χ1v) is 6.75. The van der Waals surface area contributed by atoms with Crippen molar-refractivity contribution in [1.29, 1.82) is 0 Å². The molecular weight excluding hydrogens is 240 g/mol. The molecule has 1 aliphatic rings. The summed E-state index contributed by atoms with van der Waals surface area (Å²) < 4.78 is 5.60. The molecule has 2 N–H and O–H groups in total. The second kappa shape index (κ2) is 5.51. The van der Waals surface area contributed by atoms with Crippen LogP contribution in [0.25, 0.3) is 0 Å². The van der Waals surface area contributed by atoms with Crippen LogP contribution in [0.2, 0.25) is 0 Å². The Kier molecular flexibility index (Phi) is 3.98. The lowest BCUT2D eigenvalue weighted by molar-refractivity contribution is 0.0945. The molecule has 4 heteroatoms. The fourth-order valence-corrected chi connectivity index (χ4v) is 2.00. The van der Waals surface area contributed by atoms with Crippen LogP contribution in [-0.2, 0) is 0 Å². The predicted octanol–water partition coefficient (Wildman–Crippen LogP) is 2.66. The average Bonchev–Trinajstić information content (AvgIpc) is 2.36. The van der Waals surface area contributed by atoms with E-state index in [4.69, 9.17) is 4.74 Å². The van der Waals surface area contributed by atoms with Gasteiger partial charge in [-0.3, -0.25) is 4.79 Å². The van der Waals surface area contributed by atoms with E-state index in [0.717, 1.165) is 18.7 Å². The minimum absolute atomic E-state index is 0.0650. The number of hydrogen-bond donors (Lipinski definition) is 2. The second-order valence-electron chi connectivity index (χ2n) is 6.02. The molecule has 0 atom stereocenters. The molecule has 1 heterocycles. The minimum Gasteiger partial charge on any atom is -0.489 e. The molecule has 1 aliphatic heterocycles. The molecule has 0 saturated heterocycles. The largest absolute Gasteiger partial charge is 0.489 e. The van der Waals surface area contributed by atoms with Gasteiger partial charge in [0, 0.05) is 13.1 Å². The molecule has 0 bridgehead atoms. The van der Waals surface area contributed by atoms with Gasteiger partial charge >= 0.3 is 0 Å². The molecule has 0 saturated carbocycles. The summed E-state index contributed by atoms with van der Waals surface area (Å²) in [6.45, 7) is 8.55. The summed E-state index contributed by atoms with van der Waals surface area (Å²) in [5, 5.41) is 6.19. The summed E-state index contributed by atoms with van der Waals surface area (Å²) in [5.74, 6) is 0.604. The molecule has 2 rings (SSSR count). The predicted molar refractivity (Wildman–Crippen MR) is 76.8 cm³/mol. The highest BCUT2D eigenvalue weighted by Crippen LogP contribution is 2.31. The molecule has 104 valence electrons. The van der Waals surface area contributed by atoms with Gasteiger partial charge in [0.1, 0.15) is 6.61 Å². The van der Waals surface area contributed by atoms with E-state index in [2.05, 4.69) is 31.4 Å². The molecule has 0 aliphatic carbocycles. The maximum Gasteiger partial charge on any atom is 0.255 e. The van der Waals surface area contributed by atoms with Gasteiger partial charge in [-0.05, 0) is 24.0 Å². The van der Waals surface area contributed by atoms with Crippen LogP contribution in [0.4, 0.5) is 5.69 Å². The lowest BCUT2D eigenvalue weighted by atomic mass is 9.92. The number of carbonyl (C=O) groups excluding carboxylic acids is 1. The topological polar surface area (TPSA) is 50.4 Å². The van der Waals surface area contributed by atoms with Crippen molar-refractivity contribution in [2.24, 2.45) is 5.41 Å². The Morgan fingerprint density at radius 2 is 2.21 bits per heavy atom. The fraction of sp³-hybridized carbons (Fsp3) is 0.533. The van der Waals surface area contributed by atoms with Crippen molar-refractivity contribution in [1.82, 2.24) is 5.32 Å². The molecule has 0 radical (unpaired) electrons. The Balaban J connectivity index is 2.03. The molecular formula is C15H22N2O2. The number of rotatable bonds is 3. The quantitative estimate of drug-likeness (QED) is 0.880. The highest BCUT2D eigenvalue weighted by atomic mass is 16.5. The third kappa shape index (κ3) is 3.63. The normalized spacial score (nSPS) is 14.1. The van der Waals surface area contributed by atoms with Crippen LogP contribution in [0.3, 0.4) is 0 Å². The van der Waals surface area contributed by atoms with Gasteiger partial charge in [-0.25, -0.2) is 0 Å². The van der Waals surface area contributed by atoms with Crippen molar-refractivity contribution >= 4 is 11.6 Å². The summed E-state index contributed by atoms with van der Waals surface area (Å²) in [5.41, 5.74) is 1.73. The number of hydrogen-bond acceptors (Lipinski definition) is 3. The van der Waals surface area contributed by atoms with Crippen molar-refractivity contribution in [3.05, 3.63) is 23.8 Å². The third-order valence-corrected chi connectivity index (χ3v) is 3.08. The van der Waals surface area contributed by atoms with E-state index in [0.29, 0.717) is 24.5 Å². The molecule has 0 fully saturated rings. The first kappa shape index (κ1) is 13.7. The molecule has 1 aromatic rings. The van der Waals surface area contributed by atoms with Crippen molar-refractivity contribution in [3.63, 3.8) is 0 Å². The van der Waals surface area contributed by atoms with E-state index in [1.54, 1.807) is 6.07 Å². The number of anilines is 1. The van der Waals surface area contributed by atoms with Gasteiger partial charge in [-0.2, -0.15) is 0 Å². The van der Waals surface area contributed by atoms with E-state index in [9.17, 15) is 4.79 Å². The fourth-order valence-electron chi connectivity index (χ4n) is 2.00. The van der Waals surface area contributed by atoms with E-state index in [1.165, 1.54) is 0 Å². The lowest BCUT2D eigenvalue weighted by Crippen LogP contribution is -2.29. The Morgan fingerprint density at radius 1 is 1.42 bits per heavy atom. The standard InChI is InChI=1S/C15H22N2O2/c1-15(2,3)7-8-17-14(18)11-5-4-6-12-13(11)19-10-9-16-12/h4-6,16H,7-10H2,1-3H3,(H,17,18). The van der Waals surface area contributed by atoms with Crippen LogP contribution in [-0.4, -0.2) is 25.6 Å². The minimum atomic E-state index is -0.0650. The van der Waals surface area contributed by atoms with Crippen LogP contribution >= 0.6 is 0 Å². The van der Waals surface area contributed by atoms with Crippen molar-refractivity contribution in [3.8, 4) is 5.75 Å². The van der Waals surface area contributed by atoms with E-state index < -0.39 is 0 Å². The van der Waals surface area contributed by atoms with Crippen LogP contribution in [0.5, 0.6) is 5.75 Å². The van der Waals surface area contributed by atoms with E-state index in [1.807, 2.05) is 12.1 Å². The molecule has 1 aromatic carbocycles. The summed E-state index contributed by atoms with van der Waals surface area (Å²) in [4.78, 5) is 12.2. The van der Waals surface area contributed by atoms with Gasteiger partial charge in [0.15, 0.2) is 5.75 Å². The smallest absolute Gasteiger partial charge is 0.255 e. The summed E-state index contributed by atoms with van der Waals surface area (Å²) in [7, 11) is 0. The monoisotopic (exact) mass is 262 g/mol. The molecule has 0 spiro atoms. The number of para-hydroxylation sites is 1. The Hall–Kier alpha value is -1.71. The maximum absolute atomic E-state index is 12.2. The van der Waals surface area contributed by atoms with Crippen molar-refractivity contribution < 1.29 is 9.53 Å². The van der Waals surface area contributed by atoms with Crippen LogP contribution < -0.4 is 15.4 Å². The number of nitrogens with one attached hydrogen (secondary N) is 2. The zero-order valence-corrected chi connectivity index (χ0v) is 11.9. The van der Waals surface area contributed by atoms with Crippen LogP contribution in [0, 0.1) is 5.41 Å². The average molecular weight is 262 g/mol. The molecule has 1 amide bonds. The molecule has 4 nitrogen and oxygen atoms in total. The first-order valence-electron chi connectivity index (χ1n) is 6.75. The van der Waals surface area contributed by atoms with Crippen LogP contribution in [0.1, 0.15) is 37.6 Å². The maximum atomic E-state index is 12.2. The SMILES string of the molecule is CC(C)(C)CCNC(=O)c1cccc2c1OCCN2. The summed E-state index contributed by atoms with van der Waals surface area (Å²) >= 11 is 0. The van der Waals surface area contributed by atoms with Gasteiger partial charge < -0.3 is 15.4 Å². The van der Waals surface area contributed by atoms with Crippen molar-refractivity contribution in [2.45, 2.75) is 27.2 Å². The Bertz CT molecular complexity index is 464. The number of carbonyl (C=O) groups is 1. The molecule has 0 aromatic heterocycles. The molecule has 19 heavy (non-hydrogen) atoms. The van der Waals surface area contributed by atoms with Gasteiger partial charge in [0.25, 0.3) is 5.91 Å². The number of ether oxygens (including phenoxy) is 1. The van der Waals surface area contributed by atoms with Crippen LogP contribution in [0.15, 0.2) is 18.2 Å². The summed E-state index contributed by atoms with van der Waals surface area (Å²) in [6, 6.07) is 5.61. The highest BCUT2D eigenvalue weighted by Gasteiger charge is 2.19. The van der Waals surface area contributed by atoms with Gasteiger partial charge in [0.2, 0.25) is 0 Å². The number of benzene rings is 1. The Morgan fingerprint density at radius 3 is 2.95 bits per heavy atom. The third-order valence-electron chi connectivity index (χ3n) is 3.08. The second-order valence-corrected chi connectivity index (χ2v) is 6.02. The number of fused-ring (bicyclic) bond motifs is 1. The highest BCUT2D eigenvalue weighted by molar-refractivity contribution is 5.98. The van der Waals surface area contributed by atoms with Gasteiger partial charge in [-0.1, -0.05) is 26.8 Å². The molecule has 0 unspecified atom stereocenters. The summed E-state index contributed by atoms with van der Waals surface area (Å²) in [6.07, 6.45) is 0.951. The lowest BCUT2D eigenvalue weighted by Gasteiger charge is -2.22. The zero-order chi connectivity index (χ0) is 13.9. The zero-order valence-electron chi connectivity index (χ0n) is 11.9. The first-order chi connectivity index (χ1) is 8.97. The van der Waals surface area contributed by atoms with Gasteiger partial charge in [-0.15, -0.1) is 0 Å². The van der Waals surface area contributed by atoms with Crippen molar-refractivity contribution in [2.75, 3.05) is 25.0 Å². The Labute approximate surface area is 114 Å². The van der Waals surface area contributed by atoms with E-state index in [-0.39, 0.29) is 11.3 Å². The number of amides is 1. The van der Waals surface area contributed by atoms with Gasteiger partial charge in [0.05, 0.1) is 11.3 Å². The van der Waals surface area contributed by atoms with E-state index >= 15 is 0 Å².